The molecule has 0 aromatic rings. The van der Waals surface area contributed by atoms with E-state index in [1.54, 1.807) is 25.2 Å². The van der Waals surface area contributed by atoms with Crippen molar-refractivity contribution in [3.63, 3.8) is 0 Å². The van der Waals surface area contributed by atoms with Gasteiger partial charge < -0.3 is 0 Å². The fourth-order valence-electron chi connectivity index (χ4n) is 0.454. The highest BCUT2D eigenvalue weighted by molar-refractivity contribution is 5.65. The van der Waals surface area contributed by atoms with Gasteiger partial charge in [0.25, 0.3) is 0 Å². The Bertz CT molecular complexity index is 214. The average Bonchev–Trinajstić information content (AvgIpc) is 1.99. The van der Waals surface area contributed by atoms with Gasteiger partial charge in [0.15, 0.2) is 0 Å². The molecule has 0 fully saturated rings. The van der Waals surface area contributed by atoms with Crippen LogP contribution in [0, 0.1) is 0 Å². The van der Waals surface area contributed by atoms with Crippen LogP contribution in [0.1, 0.15) is 6.92 Å². The van der Waals surface area contributed by atoms with Crippen molar-refractivity contribution in [3.8, 4) is 0 Å². The summed E-state index contributed by atoms with van der Waals surface area (Å²) in [6.45, 7) is 1.75. The number of nitrogens with zero attached hydrogens (tertiary/aromatic N) is 3. The fourth-order valence-corrected chi connectivity index (χ4v) is 0.454. The highest BCUT2D eigenvalue weighted by Crippen LogP contribution is 1.91. The smallest absolute Gasteiger partial charge is 0.142 e. The van der Waals surface area contributed by atoms with Crippen LogP contribution in [0.3, 0.4) is 0 Å². The number of carbonyl (C=O) groups excluding carboxylic acids is 1. The first-order valence-electron chi connectivity index (χ1n) is 3.14. The summed E-state index contributed by atoms with van der Waals surface area (Å²) in [4.78, 5) is 12.4. The minimum absolute atomic E-state index is 0.170. The van der Waals surface area contributed by atoms with Gasteiger partial charge in [-0.2, -0.15) is 0 Å². The van der Waals surface area contributed by atoms with Crippen molar-refractivity contribution < 1.29 is 4.79 Å². The van der Waals surface area contributed by atoms with Gasteiger partial charge in [0.05, 0.1) is 6.04 Å². The molecule has 0 rings (SSSR count). The lowest BCUT2D eigenvalue weighted by molar-refractivity contribution is -0.104. The van der Waals surface area contributed by atoms with E-state index in [2.05, 4.69) is 10.0 Å². The third-order valence-corrected chi connectivity index (χ3v) is 0.924. The second kappa shape index (κ2) is 6.58. The molecule has 58 valence electrons. The Balaban J connectivity index is 3.81. The molecule has 0 bridgehead atoms. The Kier molecular flexibility index (Phi) is 5.66. The number of hydrogen-bond donors (Lipinski definition) is 0. The molecular weight excluding hydrogens is 142 g/mol. The van der Waals surface area contributed by atoms with Crippen molar-refractivity contribution in [2.24, 2.45) is 5.11 Å². The molecule has 0 aliphatic rings. The van der Waals surface area contributed by atoms with Crippen LogP contribution in [0.15, 0.2) is 29.4 Å². The predicted molar refractivity (Wildman–Crippen MR) is 43.0 cm³/mol. The van der Waals surface area contributed by atoms with E-state index in [0.717, 1.165) is 0 Å². The lowest BCUT2D eigenvalue weighted by Crippen LogP contribution is -1.86. The largest absolute Gasteiger partial charge is 0.299 e. The number of carbonyl (C=O) groups is 1. The summed E-state index contributed by atoms with van der Waals surface area (Å²) in [6.07, 6.45) is 6.98. The van der Waals surface area contributed by atoms with Crippen molar-refractivity contribution in [1.29, 1.82) is 0 Å². The predicted octanol–water partition coefficient (Wildman–Crippen LogP) is 2.00. The monoisotopic (exact) mass is 151 g/mol. The zero-order chi connectivity index (χ0) is 8.53. The third-order valence-electron chi connectivity index (χ3n) is 0.924. The topological polar surface area (TPSA) is 65.8 Å². The van der Waals surface area contributed by atoms with Gasteiger partial charge in [-0.1, -0.05) is 30.3 Å². The van der Waals surface area contributed by atoms with Crippen LogP contribution in [0.25, 0.3) is 10.4 Å². The fraction of sp³-hybridized carbons (Fsp3) is 0.286. The van der Waals surface area contributed by atoms with E-state index in [1.807, 2.05) is 0 Å². The highest BCUT2D eigenvalue weighted by atomic mass is 16.1. The lowest BCUT2D eigenvalue weighted by atomic mass is 10.3. The van der Waals surface area contributed by atoms with Crippen molar-refractivity contribution >= 4 is 6.29 Å². The number of hydrogen-bond acceptors (Lipinski definition) is 2. The van der Waals surface area contributed by atoms with Crippen molar-refractivity contribution in [2.75, 3.05) is 0 Å². The molecule has 0 aromatic carbocycles. The number of azide groups is 1. The Morgan fingerprint density at radius 2 is 2.18 bits per heavy atom. The molecule has 1 atom stereocenters. The second-order valence-electron chi connectivity index (χ2n) is 1.85. The first kappa shape index (κ1) is 9.46. The molecule has 0 unspecified atom stereocenters. The van der Waals surface area contributed by atoms with E-state index in [4.69, 9.17) is 5.53 Å². The quantitative estimate of drug-likeness (QED) is 0.151. The maximum absolute atomic E-state index is 9.77. The summed E-state index contributed by atoms with van der Waals surface area (Å²) >= 11 is 0. The maximum atomic E-state index is 9.77. The molecule has 0 radical (unpaired) electrons. The van der Waals surface area contributed by atoms with Gasteiger partial charge in [-0.05, 0) is 11.6 Å². The van der Waals surface area contributed by atoms with Crippen molar-refractivity contribution in [3.05, 3.63) is 34.7 Å². The van der Waals surface area contributed by atoms with Gasteiger partial charge in [-0.3, -0.25) is 4.79 Å². The molecule has 0 aliphatic carbocycles. The zero-order valence-corrected chi connectivity index (χ0v) is 6.21. The third kappa shape index (κ3) is 6.34. The molecule has 0 aliphatic heterocycles. The first-order valence-corrected chi connectivity index (χ1v) is 3.14. The van der Waals surface area contributed by atoms with Crippen LogP contribution in [0.2, 0.25) is 0 Å². The number of rotatable bonds is 4. The molecule has 0 N–H and O–H groups in total. The van der Waals surface area contributed by atoms with Crippen LogP contribution in [-0.2, 0) is 4.79 Å². The van der Waals surface area contributed by atoms with Gasteiger partial charge in [-0.25, -0.2) is 0 Å². The molecule has 0 aromatic heterocycles. The van der Waals surface area contributed by atoms with E-state index in [1.165, 1.54) is 6.08 Å². The molecule has 0 spiro atoms. The van der Waals surface area contributed by atoms with Crippen molar-refractivity contribution in [1.82, 2.24) is 0 Å². The minimum Gasteiger partial charge on any atom is -0.299 e. The van der Waals surface area contributed by atoms with Gasteiger partial charge in [0, 0.05) is 4.91 Å². The summed E-state index contributed by atoms with van der Waals surface area (Å²) in [5.41, 5.74) is 7.99. The second-order valence-corrected chi connectivity index (χ2v) is 1.85. The Morgan fingerprint density at radius 3 is 2.73 bits per heavy atom. The number of aldehydes is 1. The zero-order valence-electron chi connectivity index (χ0n) is 6.21. The molecule has 0 saturated carbocycles. The average molecular weight is 151 g/mol. The Morgan fingerprint density at radius 1 is 1.45 bits per heavy atom. The van der Waals surface area contributed by atoms with Crippen LogP contribution in [0.5, 0.6) is 0 Å². The van der Waals surface area contributed by atoms with Crippen LogP contribution >= 0.6 is 0 Å². The van der Waals surface area contributed by atoms with Gasteiger partial charge in [0.2, 0.25) is 0 Å². The summed E-state index contributed by atoms with van der Waals surface area (Å²) in [5, 5.41) is 3.39. The lowest BCUT2D eigenvalue weighted by Gasteiger charge is -1.89. The van der Waals surface area contributed by atoms with Gasteiger partial charge in [0.1, 0.15) is 6.29 Å². The molecule has 11 heavy (non-hydrogen) atoms. The standard InChI is InChI=1S/C7H9N3O/c1-7(9-10-8)5-3-2-4-6-11/h2-7H,1H3/b4-2+,5-3+/t7-/m1/s1. The molecule has 4 nitrogen and oxygen atoms in total. The summed E-state index contributed by atoms with van der Waals surface area (Å²) in [7, 11) is 0. The van der Waals surface area contributed by atoms with Crippen LogP contribution < -0.4 is 0 Å². The molecule has 0 saturated heterocycles. The minimum atomic E-state index is -0.170. The SMILES string of the molecule is C[C@H](/C=C/C=C/C=O)N=[N+]=[N-]. The van der Waals surface area contributed by atoms with Crippen molar-refractivity contribution in [2.45, 2.75) is 13.0 Å². The van der Waals surface area contributed by atoms with Gasteiger partial charge >= 0.3 is 0 Å². The Labute approximate surface area is 64.8 Å². The van der Waals surface area contributed by atoms with E-state index in [9.17, 15) is 4.79 Å². The maximum Gasteiger partial charge on any atom is 0.142 e. The Hall–Kier alpha value is -1.54. The summed E-state index contributed by atoms with van der Waals surface area (Å²) in [6, 6.07) is -0.170. The first-order chi connectivity index (χ1) is 5.31. The molecule has 4 heteroatoms. The van der Waals surface area contributed by atoms with Crippen LogP contribution in [0.4, 0.5) is 0 Å². The van der Waals surface area contributed by atoms with Gasteiger partial charge in [-0.15, -0.1) is 0 Å². The van der Waals surface area contributed by atoms with E-state index in [0.29, 0.717) is 6.29 Å². The molecule has 0 heterocycles. The summed E-state index contributed by atoms with van der Waals surface area (Å²) in [5.74, 6) is 0. The normalized spacial score (nSPS) is 13.2. The molecular formula is C7H9N3O. The summed E-state index contributed by atoms with van der Waals surface area (Å²) < 4.78 is 0. The van der Waals surface area contributed by atoms with E-state index in [-0.39, 0.29) is 6.04 Å². The van der Waals surface area contributed by atoms with Crippen LogP contribution in [-0.4, -0.2) is 12.3 Å². The van der Waals surface area contributed by atoms with E-state index >= 15 is 0 Å². The highest BCUT2D eigenvalue weighted by Gasteiger charge is 1.85. The number of allylic oxidation sites excluding steroid dienone is 3. The molecule has 0 amide bonds. The van der Waals surface area contributed by atoms with E-state index < -0.39 is 0 Å².